The quantitative estimate of drug-likeness (QED) is 0.432. The highest BCUT2D eigenvalue weighted by molar-refractivity contribution is 6.01. The van der Waals surface area contributed by atoms with Crippen LogP contribution >= 0.6 is 0 Å². The van der Waals surface area contributed by atoms with Crippen molar-refractivity contribution in [3.8, 4) is 11.1 Å². The molecule has 6 nitrogen and oxygen atoms in total. The molecule has 0 atom stereocenters. The Kier molecular flexibility index (Phi) is 5.98. The molecule has 2 heterocycles. The number of hydrogen-bond acceptors (Lipinski definition) is 6. The van der Waals surface area contributed by atoms with Crippen LogP contribution in [-0.4, -0.2) is 33.8 Å². The van der Waals surface area contributed by atoms with E-state index in [4.69, 9.17) is 15.3 Å². The number of allylic oxidation sites excluding steroid dienone is 4. The lowest BCUT2D eigenvalue weighted by atomic mass is 9.72. The first-order chi connectivity index (χ1) is 16.8. The molecular formula is C26H25F3N4O2. The van der Waals surface area contributed by atoms with Crippen LogP contribution in [0.1, 0.15) is 37.1 Å². The van der Waals surface area contributed by atoms with Gasteiger partial charge in [-0.2, -0.15) is 18.2 Å². The van der Waals surface area contributed by atoms with Crippen LogP contribution in [-0.2, 0) is 6.18 Å². The average molecular weight is 483 g/mol. The van der Waals surface area contributed by atoms with E-state index >= 15 is 0 Å². The first kappa shape index (κ1) is 23.3. The normalized spacial score (nSPS) is 17.5. The third-order valence-electron chi connectivity index (χ3n) is 6.48. The molecule has 0 unspecified atom stereocenters. The first-order valence-electron chi connectivity index (χ1n) is 11.5. The van der Waals surface area contributed by atoms with Gasteiger partial charge in [-0.15, -0.1) is 0 Å². The number of rotatable bonds is 6. The lowest BCUT2D eigenvalue weighted by Crippen LogP contribution is -2.47. The van der Waals surface area contributed by atoms with Crippen LogP contribution in [0.4, 0.5) is 19.1 Å². The van der Waals surface area contributed by atoms with Crippen LogP contribution in [0.3, 0.4) is 0 Å². The summed E-state index contributed by atoms with van der Waals surface area (Å²) in [5, 5.41) is 11.5. The Bertz CT molecular complexity index is 1340. The highest BCUT2D eigenvalue weighted by atomic mass is 19.4. The first-order valence-corrected chi connectivity index (χ1v) is 11.5. The zero-order valence-corrected chi connectivity index (χ0v) is 18.9. The minimum atomic E-state index is -4.75. The molecule has 0 saturated heterocycles. The third-order valence-corrected chi connectivity index (χ3v) is 6.48. The Morgan fingerprint density at radius 2 is 1.86 bits per heavy atom. The predicted molar refractivity (Wildman–Crippen MR) is 128 cm³/mol. The van der Waals surface area contributed by atoms with Gasteiger partial charge in [-0.05, 0) is 36.8 Å². The standard InChI is InChI=1S/C26H25F3N4O2/c27-26(28,29)22-20-19(16-6-2-1-3-7-16)21(35-23(20)33-24(32-22)31-14-15-34)17-8-4-9-18(11-10-17)25(30)12-5-13-25/h1-3,6-11,34H,4-5,12-15,30H2,(H,31,32,33). The number of nitrogens with two attached hydrogens (primary N) is 1. The van der Waals surface area contributed by atoms with E-state index in [0.29, 0.717) is 17.6 Å². The van der Waals surface area contributed by atoms with Gasteiger partial charge in [0.1, 0.15) is 5.76 Å². The third kappa shape index (κ3) is 4.37. The van der Waals surface area contributed by atoms with Crippen LogP contribution in [0, 0.1) is 0 Å². The molecule has 0 bridgehead atoms. The molecule has 9 heteroatoms. The molecule has 0 radical (unpaired) electrons. The maximum Gasteiger partial charge on any atom is 0.434 e. The Morgan fingerprint density at radius 1 is 1.09 bits per heavy atom. The molecule has 4 N–H and O–H groups in total. The second kappa shape index (κ2) is 8.98. The summed E-state index contributed by atoms with van der Waals surface area (Å²) in [6.45, 7) is -0.276. The molecule has 182 valence electrons. The lowest BCUT2D eigenvalue weighted by molar-refractivity contribution is -0.139. The number of aromatic nitrogens is 2. The topological polar surface area (TPSA) is 97.2 Å². The molecule has 1 saturated carbocycles. The monoisotopic (exact) mass is 482 g/mol. The number of aliphatic hydroxyl groups excluding tert-OH is 1. The van der Waals surface area contributed by atoms with E-state index in [-0.39, 0.29) is 47.1 Å². The second-order valence-electron chi connectivity index (χ2n) is 8.79. The summed E-state index contributed by atoms with van der Waals surface area (Å²) in [5.74, 6) is 0.0269. The number of alkyl halides is 3. The van der Waals surface area contributed by atoms with Gasteiger partial charge in [-0.1, -0.05) is 54.6 Å². The Balaban J connectivity index is 1.70. The number of hydrogen-bond donors (Lipinski definition) is 3. The van der Waals surface area contributed by atoms with Crippen LogP contribution in [0.2, 0.25) is 0 Å². The predicted octanol–water partition coefficient (Wildman–Crippen LogP) is 5.46. The van der Waals surface area contributed by atoms with E-state index in [1.54, 1.807) is 30.3 Å². The molecule has 2 aliphatic rings. The van der Waals surface area contributed by atoms with Crippen LogP contribution in [0.5, 0.6) is 0 Å². The maximum atomic E-state index is 14.2. The van der Waals surface area contributed by atoms with Gasteiger partial charge in [-0.3, -0.25) is 0 Å². The fraction of sp³-hybridized carbons (Fsp3) is 0.308. The number of fused-ring (bicyclic) bond motifs is 1. The molecular weight excluding hydrogens is 457 g/mol. The summed E-state index contributed by atoms with van der Waals surface area (Å²) in [5.41, 5.74) is 7.40. The summed E-state index contributed by atoms with van der Waals surface area (Å²) < 4.78 is 48.6. The molecule has 0 aliphatic heterocycles. The van der Waals surface area contributed by atoms with Gasteiger partial charge in [0.2, 0.25) is 11.7 Å². The van der Waals surface area contributed by atoms with Crippen molar-refractivity contribution in [3.63, 3.8) is 0 Å². The van der Waals surface area contributed by atoms with Gasteiger partial charge >= 0.3 is 6.18 Å². The van der Waals surface area contributed by atoms with Gasteiger partial charge in [0, 0.05) is 23.2 Å². The van der Waals surface area contributed by atoms with E-state index in [1.807, 2.05) is 18.2 Å². The van der Waals surface area contributed by atoms with Crippen molar-refractivity contribution < 1.29 is 22.7 Å². The molecule has 0 spiro atoms. The van der Waals surface area contributed by atoms with Gasteiger partial charge in [-0.25, -0.2) is 4.98 Å². The number of nitrogens with one attached hydrogen (secondary N) is 1. The Morgan fingerprint density at radius 3 is 2.51 bits per heavy atom. The molecule has 5 rings (SSSR count). The highest BCUT2D eigenvalue weighted by Crippen LogP contribution is 2.45. The number of aliphatic hydroxyl groups is 1. The fourth-order valence-electron chi connectivity index (χ4n) is 4.55. The zero-order chi connectivity index (χ0) is 24.6. The minimum absolute atomic E-state index is 0.00505. The van der Waals surface area contributed by atoms with Crippen molar-refractivity contribution in [3.05, 3.63) is 71.7 Å². The Hall–Kier alpha value is -3.43. The molecule has 0 amide bonds. The van der Waals surface area contributed by atoms with Gasteiger partial charge in [0.15, 0.2) is 5.69 Å². The summed E-state index contributed by atoms with van der Waals surface area (Å²) in [7, 11) is 0. The molecule has 1 fully saturated rings. The average Bonchev–Trinajstić information content (AvgIpc) is 3.02. The molecule has 3 aromatic rings. The van der Waals surface area contributed by atoms with E-state index in [1.165, 1.54) is 0 Å². The van der Waals surface area contributed by atoms with Gasteiger partial charge in [0.25, 0.3) is 0 Å². The molecule has 2 aromatic heterocycles. The molecule has 1 aromatic carbocycles. The van der Waals surface area contributed by atoms with E-state index in [2.05, 4.69) is 21.4 Å². The number of anilines is 1. The van der Waals surface area contributed by atoms with Crippen LogP contribution in [0.15, 0.2) is 64.6 Å². The SMILES string of the molecule is NC1(C2=CCC=C(c3oc4nc(NCCO)nc(C(F)(F)F)c4c3-c3ccccc3)C=C2)CCC1. The summed E-state index contributed by atoms with van der Waals surface area (Å²) in [6, 6.07) is 8.79. The van der Waals surface area contributed by atoms with Crippen molar-refractivity contribution in [2.24, 2.45) is 5.73 Å². The number of benzene rings is 1. The summed E-state index contributed by atoms with van der Waals surface area (Å²) in [6.07, 6.45) is 6.48. The summed E-state index contributed by atoms with van der Waals surface area (Å²) in [4.78, 5) is 7.96. The van der Waals surface area contributed by atoms with E-state index < -0.39 is 11.9 Å². The van der Waals surface area contributed by atoms with E-state index in [0.717, 1.165) is 24.8 Å². The van der Waals surface area contributed by atoms with Crippen molar-refractivity contribution in [1.29, 1.82) is 0 Å². The van der Waals surface area contributed by atoms with Crippen LogP contribution < -0.4 is 11.1 Å². The Labute approximate surface area is 200 Å². The number of nitrogens with zero attached hydrogens (tertiary/aromatic N) is 2. The second-order valence-corrected chi connectivity index (χ2v) is 8.79. The van der Waals surface area contributed by atoms with Crippen molar-refractivity contribution >= 4 is 22.6 Å². The largest absolute Gasteiger partial charge is 0.437 e. The van der Waals surface area contributed by atoms with Gasteiger partial charge in [0.05, 0.1) is 12.0 Å². The van der Waals surface area contributed by atoms with E-state index in [9.17, 15) is 13.2 Å². The number of halogens is 3. The lowest BCUT2D eigenvalue weighted by Gasteiger charge is -2.39. The van der Waals surface area contributed by atoms with Crippen molar-refractivity contribution in [2.45, 2.75) is 37.4 Å². The van der Waals surface area contributed by atoms with Crippen molar-refractivity contribution in [1.82, 2.24) is 9.97 Å². The highest BCUT2D eigenvalue weighted by Gasteiger charge is 2.39. The summed E-state index contributed by atoms with van der Waals surface area (Å²) >= 11 is 0. The zero-order valence-electron chi connectivity index (χ0n) is 18.9. The fourth-order valence-corrected chi connectivity index (χ4v) is 4.55. The molecule has 2 aliphatic carbocycles. The van der Waals surface area contributed by atoms with Gasteiger partial charge < -0.3 is 20.6 Å². The van der Waals surface area contributed by atoms with Crippen molar-refractivity contribution in [2.75, 3.05) is 18.5 Å². The van der Waals surface area contributed by atoms with Crippen LogP contribution in [0.25, 0.3) is 27.8 Å². The minimum Gasteiger partial charge on any atom is -0.437 e. The number of furan rings is 1. The maximum absolute atomic E-state index is 14.2. The molecule has 35 heavy (non-hydrogen) atoms. The smallest absolute Gasteiger partial charge is 0.434 e.